The van der Waals surface area contributed by atoms with Gasteiger partial charge in [-0.05, 0) is 13.8 Å². The van der Waals surface area contributed by atoms with Crippen LogP contribution in [0.25, 0.3) is 0 Å². The topological polar surface area (TPSA) is 65.1 Å². The van der Waals surface area contributed by atoms with Crippen LogP contribution in [0.1, 0.15) is 13.8 Å². The Morgan fingerprint density at radius 2 is 1.60 bits per heavy atom. The van der Waals surface area contributed by atoms with Gasteiger partial charge in [0.15, 0.2) is 0 Å². The Balaban J connectivity index is 0. The van der Waals surface area contributed by atoms with Gasteiger partial charge in [0.25, 0.3) is 0 Å². The van der Waals surface area contributed by atoms with Crippen LogP contribution in [-0.4, -0.2) is 38.4 Å². The fourth-order valence-electron chi connectivity index (χ4n) is 0.630. The highest BCUT2D eigenvalue weighted by Crippen LogP contribution is 2.09. The molecule has 1 aliphatic rings. The highest BCUT2D eigenvalue weighted by molar-refractivity contribution is 5.87. The summed E-state index contributed by atoms with van der Waals surface area (Å²) in [6.45, 7) is 17.3. The first-order valence-electron chi connectivity index (χ1n) is 5.77. The molecule has 1 heterocycles. The van der Waals surface area contributed by atoms with Gasteiger partial charge in [-0.25, -0.2) is 9.59 Å². The first-order chi connectivity index (χ1) is 9.29. The van der Waals surface area contributed by atoms with Crippen molar-refractivity contribution in [1.82, 2.24) is 0 Å². The second-order valence-corrected chi connectivity index (χ2v) is 3.86. The maximum absolute atomic E-state index is 10.7. The summed E-state index contributed by atoms with van der Waals surface area (Å²) in [7, 11) is 1.33. The van der Waals surface area contributed by atoms with Gasteiger partial charge in [0.05, 0.1) is 13.7 Å². The number of carbonyl (C=O) groups is 2. The van der Waals surface area contributed by atoms with Crippen molar-refractivity contribution in [2.24, 2.45) is 0 Å². The molecule has 0 bridgehead atoms. The van der Waals surface area contributed by atoms with E-state index in [1.807, 2.05) is 0 Å². The number of carbonyl (C=O) groups excluding carboxylic acids is 2. The Hall–Kier alpha value is -2.10. The molecule has 0 saturated carbocycles. The van der Waals surface area contributed by atoms with Crippen LogP contribution in [0.2, 0.25) is 0 Å². The van der Waals surface area contributed by atoms with E-state index in [0.717, 1.165) is 0 Å². The van der Waals surface area contributed by atoms with E-state index in [2.05, 4.69) is 36.8 Å². The van der Waals surface area contributed by atoms with Gasteiger partial charge in [-0.2, -0.15) is 0 Å². The lowest BCUT2D eigenvalue weighted by Crippen LogP contribution is -2.09. The molecule has 0 spiro atoms. The maximum Gasteiger partial charge on any atom is 0.333 e. The highest BCUT2D eigenvalue weighted by Gasteiger charge is 2.24. The number of rotatable bonds is 4. The van der Waals surface area contributed by atoms with Crippen LogP contribution in [0.4, 0.5) is 0 Å². The minimum atomic E-state index is -0.347. The lowest BCUT2D eigenvalue weighted by molar-refractivity contribution is -0.139. The van der Waals surface area contributed by atoms with Gasteiger partial charge < -0.3 is 14.2 Å². The van der Waals surface area contributed by atoms with E-state index >= 15 is 0 Å². The van der Waals surface area contributed by atoms with Gasteiger partial charge in [-0.1, -0.05) is 26.3 Å². The molecule has 0 aliphatic carbocycles. The first-order valence-corrected chi connectivity index (χ1v) is 5.77. The van der Waals surface area contributed by atoms with E-state index in [1.165, 1.54) is 7.11 Å². The predicted octanol–water partition coefficient (Wildman–Crippen LogP) is 2.20. The normalized spacial score (nSPS) is 14.1. The quantitative estimate of drug-likeness (QED) is 0.342. The van der Waals surface area contributed by atoms with Gasteiger partial charge in [0, 0.05) is 11.1 Å². The number of epoxide rings is 1. The molecule has 20 heavy (non-hydrogen) atoms. The molecule has 0 N–H and O–H groups in total. The van der Waals surface area contributed by atoms with Crippen molar-refractivity contribution in [3.63, 3.8) is 0 Å². The summed E-state index contributed by atoms with van der Waals surface area (Å²) in [6.07, 6.45) is 0.142. The Morgan fingerprint density at radius 3 is 1.80 bits per heavy atom. The van der Waals surface area contributed by atoms with Crippen molar-refractivity contribution in [3.05, 3.63) is 43.2 Å². The number of hydrogen-bond donors (Lipinski definition) is 0. The number of hydrogen-bond acceptors (Lipinski definition) is 5. The molecule has 1 rings (SSSR count). The van der Waals surface area contributed by atoms with Crippen molar-refractivity contribution in [2.75, 3.05) is 20.3 Å². The Labute approximate surface area is 120 Å². The molecule has 1 fully saturated rings. The smallest absolute Gasteiger partial charge is 0.333 e. The van der Waals surface area contributed by atoms with Crippen molar-refractivity contribution in [2.45, 2.75) is 20.0 Å². The van der Waals surface area contributed by atoms with E-state index in [-0.39, 0.29) is 18.0 Å². The Kier molecular flexibility index (Phi) is 12.1. The molecule has 1 atom stereocenters. The Bertz CT molecular complexity index is 385. The molecule has 112 valence electrons. The van der Waals surface area contributed by atoms with Crippen LogP contribution in [0.3, 0.4) is 0 Å². The maximum atomic E-state index is 10.7. The SMILES string of the molecule is C=C(C)C(=O)OC.C=C(C)C(=O)OCC1CO1.C=C=C. The molecule has 0 radical (unpaired) electrons. The van der Waals surface area contributed by atoms with Crippen LogP contribution in [0, 0.1) is 0 Å². The van der Waals surface area contributed by atoms with Crippen LogP contribution < -0.4 is 0 Å². The predicted molar refractivity (Wildman–Crippen MR) is 77.1 cm³/mol. The zero-order valence-corrected chi connectivity index (χ0v) is 12.4. The van der Waals surface area contributed by atoms with E-state index in [4.69, 9.17) is 9.47 Å². The second-order valence-electron chi connectivity index (χ2n) is 3.86. The highest BCUT2D eigenvalue weighted by atomic mass is 16.6. The summed E-state index contributed by atoms with van der Waals surface area (Å²) in [5.74, 6) is -0.685. The minimum absolute atomic E-state index is 0.142. The second kappa shape index (κ2) is 12.0. The van der Waals surface area contributed by atoms with Crippen molar-refractivity contribution in [3.8, 4) is 0 Å². The van der Waals surface area contributed by atoms with E-state index < -0.39 is 0 Å². The summed E-state index contributed by atoms with van der Waals surface area (Å²) in [5, 5.41) is 0. The van der Waals surface area contributed by atoms with E-state index in [1.54, 1.807) is 13.8 Å². The van der Waals surface area contributed by atoms with Crippen LogP contribution in [0.15, 0.2) is 43.2 Å². The average Bonchev–Trinajstić information content (AvgIpc) is 3.20. The summed E-state index contributed by atoms with van der Waals surface area (Å²) in [6, 6.07) is 0. The largest absolute Gasteiger partial charge is 0.466 e. The molecule has 5 nitrogen and oxygen atoms in total. The zero-order chi connectivity index (χ0) is 16.1. The Morgan fingerprint density at radius 1 is 1.20 bits per heavy atom. The van der Waals surface area contributed by atoms with E-state index in [9.17, 15) is 9.59 Å². The fraction of sp³-hybridized carbons (Fsp3) is 0.400. The minimum Gasteiger partial charge on any atom is -0.466 e. The number of esters is 2. The summed E-state index contributed by atoms with van der Waals surface area (Å²) in [5.41, 5.74) is 3.11. The molecule has 1 saturated heterocycles. The molecule has 0 aromatic heterocycles. The lowest BCUT2D eigenvalue weighted by Gasteiger charge is -1.99. The van der Waals surface area contributed by atoms with Crippen molar-refractivity contribution >= 4 is 11.9 Å². The summed E-state index contributed by atoms with van der Waals surface area (Å²) in [4.78, 5) is 20.9. The summed E-state index contributed by atoms with van der Waals surface area (Å²) < 4.78 is 13.9. The fourth-order valence-corrected chi connectivity index (χ4v) is 0.630. The lowest BCUT2D eigenvalue weighted by atomic mass is 10.4. The van der Waals surface area contributed by atoms with Crippen molar-refractivity contribution < 1.29 is 23.8 Å². The third kappa shape index (κ3) is 14.0. The molecule has 5 heteroatoms. The van der Waals surface area contributed by atoms with Gasteiger partial charge in [-0.3, -0.25) is 0 Å². The molecule has 0 amide bonds. The van der Waals surface area contributed by atoms with Gasteiger partial charge in [0.1, 0.15) is 12.7 Å². The molecular formula is C15H22O5. The zero-order valence-electron chi connectivity index (χ0n) is 12.4. The first kappa shape index (κ1) is 20.2. The van der Waals surface area contributed by atoms with E-state index in [0.29, 0.717) is 24.4 Å². The van der Waals surface area contributed by atoms with Crippen LogP contribution >= 0.6 is 0 Å². The average molecular weight is 282 g/mol. The molecule has 0 aromatic carbocycles. The number of ether oxygens (including phenoxy) is 3. The van der Waals surface area contributed by atoms with Crippen LogP contribution in [-0.2, 0) is 23.8 Å². The molecule has 1 unspecified atom stereocenters. The monoisotopic (exact) mass is 282 g/mol. The number of methoxy groups -OCH3 is 1. The van der Waals surface area contributed by atoms with Crippen molar-refractivity contribution in [1.29, 1.82) is 0 Å². The summed E-state index contributed by atoms with van der Waals surface area (Å²) >= 11 is 0. The third-order valence-corrected chi connectivity index (χ3v) is 1.69. The van der Waals surface area contributed by atoms with Gasteiger partial charge >= 0.3 is 11.9 Å². The third-order valence-electron chi connectivity index (χ3n) is 1.69. The molecule has 1 aliphatic heterocycles. The molecular weight excluding hydrogens is 260 g/mol. The standard InChI is InChI=1S/C7H10O3.C5H8O2.C3H4/c1-5(2)7(8)10-4-6-3-9-6;1-4(2)5(6)7-3;1-3-2/h6H,1,3-4H2,2H3;1H2,2-3H3;1-2H2. The van der Waals surface area contributed by atoms with Gasteiger partial charge in [0.2, 0.25) is 0 Å². The van der Waals surface area contributed by atoms with Gasteiger partial charge in [-0.15, -0.1) is 5.73 Å². The molecule has 0 aromatic rings. The van der Waals surface area contributed by atoms with Crippen LogP contribution in [0.5, 0.6) is 0 Å².